The Kier molecular flexibility index (Phi) is 6.36. The summed E-state index contributed by atoms with van der Waals surface area (Å²) in [5.74, 6) is 0.218. The van der Waals surface area contributed by atoms with Gasteiger partial charge in [0, 0.05) is 10.7 Å². The van der Waals surface area contributed by atoms with Gasteiger partial charge in [-0.1, -0.05) is 61.5 Å². The topological polar surface area (TPSA) is 72.7 Å². The van der Waals surface area contributed by atoms with E-state index in [0.717, 1.165) is 22.5 Å². The first-order chi connectivity index (χ1) is 13.4. The van der Waals surface area contributed by atoms with Crippen LogP contribution >= 0.6 is 23.4 Å². The van der Waals surface area contributed by atoms with E-state index in [1.54, 1.807) is 16.8 Å². The second kappa shape index (κ2) is 8.75. The van der Waals surface area contributed by atoms with Crippen LogP contribution in [0.3, 0.4) is 0 Å². The molecule has 0 aliphatic rings. The summed E-state index contributed by atoms with van der Waals surface area (Å²) in [7, 11) is 0. The molecule has 3 aromatic rings. The van der Waals surface area contributed by atoms with Crippen LogP contribution in [0.25, 0.3) is 5.69 Å². The van der Waals surface area contributed by atoms with Gasteiger partial charge < -0.3 is 5.32 Å². The number of carbonyl (C=O) groups is 1. The lowest BCUT2D eigenvalue weighted by atomic mass is 9.98. The van der Waals surface area contributed by atoms with Crippen molar-refractivity contribution in [3.05, 3.63) is 58.6 Å². The number of anilines is 1. The largest absolute Gasteiger partial charge is 0.325 e. The molecule has 3 rings (SSSR count). The van der Waals surface area contributed by atoms with Gasteiger partial charge in [-0.05, 0) is 59.5 Å². The van der Waals surface area contributed by atoms with Gasteiger partial charge in [0.15, 0.2) is 0 Å². The van der Waals surface area contributed by atoms with E-state index in [1.807, 2.05) is 44.2 Å². The SMILES string of the molecule is Cc1cccc(C(C)C)c1NC(=O)[C@H](C)Sc1nnnn1-c1cccc(Cl)c1. The highest BCUT2D eigenvalue weighted by Crippen LogP contribution is 2.29. The van der Waals surface area contributed by atoms with Crippen molar-refractivity contribution in [2.24, 2.45) is 0 Å². The number of thioether (sulfide) groups is 1. The normalized spacial score (nSPS) is 12.2. The zero-order chi connectivity index (χ0) is 20.3. The van der Waals surface area contributed by atoms with Gasteiger partial charge in [-0.25, -0.2) is 0 Å². The molecule has 0 radical (unpaired) electrons. The van der Waals surface area contributed by atoms with E-state index >= 15 is 0 Å². The van der Waals surface area contributed by atoms with Gasteiger partial charge in [-0.2, -0.15) is 4.68 Å². The van der Waals surface area contributed by atoms with Crippen molar-refractivity contribution < 1.29 is 4.79 Å². The van der Waals surface area contributed by atoms with E-state index in [2.05, 4.69) is 34.7 Å². The molecule has 0 aliphatic heterocycles. The minimum Gasteiger partial charge on any atom is -0.325 e. The summed E-state index contributed by atoms with van der Waals surface area (Å²) >= 11 is 7.36. The molecule has 1 heterocycles. The molecule has 1 aromatic heterocycles. The number of hydrogen-bond donors (Lipinski definition) is 1. The molecule has 0 bridgehead atoms. The molecule has 0 saturated carbocycles. The lowest BCUT2D eigenvalue weighted by Crippen LogP contribution is -2.24. The Morgan fingerprint density at radius 3 is 2.64 bits per heavy atom. The van der Waals surface area contributed by atoms with Gasteiger partial charge in [0.1, 0.15) is 0 Å². The second-order valence-electron chi connectivity index (χ2n) is 6.80. The van der Waals surface area contributed by atoms with Crippen LogP contribution in [-0.2, 0) is 4.79 Å². The summed E-state index contributed by atoms with van der Waals surface area (Å²) in [6.07, 6.45) is 0. The van der Waals surface area contributed by atoms with Crippen LogP contribution in [-0.4, -0.2) is 31.4 Å². The lowest BCUT2D eigenvalue weighted by molar-refractivity contribution is -0.115. The van der Waals surface area contributed by atoms with Crippen LogP contribution in [0.2, 0.25) is 5.02 Å². The number of para-hydroxylation sites is 1. The van der Waals surface area contributed by atoms with Crippen LogP contribution in [0.4, 0.5) is 5.69 Å². The maximum absolute atomic E-state index is 12.8. The third-order valence-electron chi connectivity index (χ3n) is 4.32. The fourth-order valence-corrected chi connectivity index (χ4v) is 3.79. The first-order valence-electron chi connectivity index (χ1n) is 8.98. The Balaban J connectivity index is 1.78. The van der Waals surface area contributed by atoms with Crippen molar-refractivity contribution in [3.8, 4) is 5.69 Å². The van der Waals surface area contributed by atoms with Crippen LogP contribution in [0, 0.1) is 6.92 Å². The molecule has 0 saturated heterocycles. The third kappa shape index (κ3) is 4.54. The highest BCUT2D eigenvalue weighted by Gasteiger charge is 2.21. The summed E-state index contributed by atoms with van der Waals surface area (Å²) in [6, 6.07) is 13.3. The standard InChI is InChI=1S/C20H22ClN5OS/c1-12(2)17-10-5-7-13(3)18(17)22-19(27)14(4)28-20-23-24-25-26(20)16-9-6-8-15(21)11-16/h5-12,14H,1-4H3,(H,22,27)/t14-/m0/s1. The van der Waals surface area contributed by atoms with E-state index in [-0.39, 0.29) is 11.2 Å². The number of nitrogens with zero attached hydrogens (tertiary/aromatic N) is 4. The van der Waals surface area contributed by atoms with Crippen LogP contribution in [0.1, 0.15) is 37.8 Å². The summed E-state index contributed by atoms with van der Waals surface area (Å²) < 4.78 is 1.58. The monoisotopic (exact) mass is 415 g/mol. The number of nitrogens with one attached hydrogen (secondary N) is 1. The van der Waals surface area contributed by atoms with Gasteiger partial charge in [-0.3, -0.25) is 4.79 Å². The predicted octanol–water partition coefficient (Wildman–Crippen LogP) is 4.87. The van der Waals surface area contributed by atoms with Gasteiger partial charge in [0.25, 0.3) is 0 Å². The van der Waals surface area contributed by atoms with Gasteiger partial charge in [0.2, 0.25) is 11.1 Å². The number of hydrogen-bond acceptors (Lipinski definition) is 5. The molecule has 8 heteroatoms. The Hall–Kier alpha value is -2.38. The predicted molar refractivity (Wildman–Crippen MR) is 113 cm³/mol. The zero-order valence-electron chi connectivity index (χ0n) is 16.2. The minimum absolute atomic E-state index is 0.0955. The zero-order valence-corrected chi connectivity index (χ0v) is 17.8. The molecule has 6 nitrogen and oxygen atoms in total. The Bertz CT molecular complexity index is 988. The lowest BCUT2D eigenvalue weighted by Gasteiger charge is -2.18. The molecule has 0 unspecified atom stereocenters. The van der Waals surface area contributed by atoms with E-state index in [9.17, 15) is 4.79 Å². The van der Waals surface area contributed by atoms with Crippen molar-refractivity contribution in [2.45, 2.75) is 44.0 Å². The number of tetrazole rings is 1. The summed E-state index contributed by atoms with van der Waals surface area (Å²) in [5.41, 5.74) is 3.79. The van der Waals surface area contributed by atoms with Crippen molar-refractivity contribution >= 4 is 35.0 Å². The minimum atomic E-state index is -0.386. The van der Waals surface area contributed by atoms with E-state index < -0.39 is 0 Å². The molecule has 146 valence electrons. The number of benzene rings is 2. The maximum Gasteiger partial charge on any atom is 0.237 e. The van der Waals surface area contributed by atoms with E-state index in [1.165, 1.54) is 11.8 Å². The van der Waals surface area contributed by atoms with E-state index in [4.69, 9.17) is 11.6 Å². The van der Waals surface area contributed by atoms with Crippen molar-refractivity contribution in [3.63, 3.8) is 0 Å². The highest BCUT2D eigenvalue weighted by atomic mass is 35.5. The first-order valence-corrected chi connectivity index (χ1v) is 10.2. The van der Waals surface area contributed by atoms with Gasteiger partial charge >= 0.3 is 0 Å². The molecule has 1 atom stereocenters. The quantitative estimate of drug-likeness (QED) is 0.581. The number of halogens is 1. The Morgan fingerprint density at radius 2 is 1.93 bits per heavy atom. The molecule has 1 N–H and O–H groups in total. The van der Waals surface area contributed by atoms with Crippen molar-refractivity contribution in [2.75, 3.05) is 5.32 Å². The number of aromatic nitrogens is 4. The Morgan fingerprint density at radius 1 is 1.18 bits per heavy atom. The van der Waals surface area contributed by atoms with Crippen LogP contribution < -0.4 is 5.32 Å². The van der Waals surface area contributed by atoms with Crippen LogP contribution in [0.5, 0.6) is 0 Å². The van der Waals surface area contributed by atoms with Gasteiger partial charge in [0.05, 0.1) is 10.9 Å². The fraction of sp³-hybridized carbons (Fsp3) is 0.300. The van der Waals surface area contributed by atoms with E-state index in [0.29, 0.717) is 16.1 Å². The molecule has 2 aromatic carbocycles. The summed E-state index contributed by atoms with van der Waals surface area (Å²) in [4.78, 5) is 12.8. The molecule has 0 aliphatic carbocycles. The smallest absolute Gasteiger partial charge is 0.237 e. The Labute approximate surface area is 173 Å². The summed E-state index contributed by atoms with van der Waals surface area (Å²) in [5, 5.41) is 15.6. The first kappa shape index (κ1) is 20.4. The van der Waals surface area contributed by atoms with Gasteiger partial charge in [-0.15, -0.1) is 5.10 Å². The number of amides is 1. The highest BCUT2D eigenvalue weighted by molar-refractivity contribution is 8.00. The molecule has 0 fully saturated rings. The number of carbonyl (C=O) groups excluding carboxylic acids is 1. The number of rotatable bonds is 6. The summed E-state index contributed by atoms with van der Waals surface area (Å²) in [6.45, 7) is 8.06. The number of aryl methyl sites for hydroxylation is 1. The van der Waals surface area contributed by atoms with Crippen molar-refractivity contribution in [1.82, 2.24) is 20.2 Å². The van der Waals surface area contributed by atoms with Crippen molar-refractivity contribution in [1.29, 1.82) is 0 Å². The average molecular weight is 416 g/mol. The fourth-order valence-electron chi connectivity index (χ4n) is 2.80. The molecular formula is C20H22ClN5OS. The van der Waals surface area contributed by atoms with Crippen LogP contribution in [0.15, 0.2) is 47.6 Å². The average Bonchev–Trinajstić information content (AvgIpc) is 3.11. The maximum atomic E-state index is 12.8. The third-order valence-corrected chi connectivity index (χ3v) is 5.59. The second-order valence-corrected chi connectivity index (χ2v) is 8.54. The molecule has 0 spiro atoms. The molecule has 1 amide bonds. The molecule has 28 heavy (non-hydrogen) atoms. The molecular weight excluding hydrogens is 394 g/mol.